The molecule has 2 aliphatic rings. The number of benzene rings is 1. The fraction of sp³-hybridized carbons (Fsp3) is 0.619. The number of amides is 2. The number of carbonyl (C=O) groups excluding carboxylic acids is 2. The van der Waals surface area contributed by atoms with Gasteiger partial charge < -0.3 is 10.2 Å². The van der Waals surface area contributed by atoms with Crippen LogP contribution < -0.4 is 5.32 Å². The minimum Gasteiger partial charge on any atom is -0.349 e. The first-order chi connectivity index (χ1) is 11.9. The Labute approximate surface area is 151 Å². The van der Waals surface area contributed by atoms with E-state index in [0.717, 1.165) is 32.1 Å². The van der Waals surface area contributed by atoms with Crippen LogP contribution in [0.1, 0.15) is 63.6 Å². The van der Waals surface area contributed by atoms with E-state index in [2.05, 4.69) is 29.6 Å². The molecule has 0 radical (unpaired) electrons. The molecule has 25 heavy (non-hydrogen) atoms. The summed E-state index contributed by atoms with van der Waals surface area (Å²) < 4.78 is 0. The van der Waals surface area contributed by atoms with Crippen molar-refractivity contribution < 1.29 is 9.59 Å². The van der Waals surface area contributed by atoms with Crippen molar-refractivity contribution in [2.75, 3.05) is 13.1 Å². The number of piperidine rings is 1. The van der Waals surface area contributed by atoms with Crippen LogP contribution in [-0.2, 0) is 16.0 Å². The molecular weight excluding hydrogens is 312 g/mol. The van der Waals surface area contributed by atoms with Crippen LogP contribution in [-0.4, -0.2) is 29.8 Å². The van der Waals surface area contributed by atoms with Crippen LogP contribution in [0.4, 0.5) is 0 Å². The minimum absolute atomic E-state index is 0.0260. The quantitative estimate of drug-likeness (QED) is 0.895. The molecule has 1 fully saturated rings. The third-order valence-electron chi connectivity index (χ3n) is 5.48. The smallest absolute Gasteiger partial charge is 0.227 e. The number of likely N-dealkylation sites (tertiary alicyclic amines) is 1. The van der Waals surface area contributed by atoms with E-state index in [1.165, 1.54) is 11.1 Å². The number of fused-ring (bicyclic) bond motifs is 1. The monoisotopic (exact) mass is 342 g/mol. The summed E-state index contributed by atoms with van der Waals surface area (Å²) in [6.45, 7) is 7.24. The van der Waals surface area contributed by atoms with Gasteiger partial charge in [-0.2, -0.15) is 0 Å². The molecule has 1 heterocycles. The Kier molecular flexibility index (Phi) is 5.16. The first-order valence-corrected chi connectivity index (χ1v) is 9.54. The summed E-state index contributed by atoms with van der Waals surface area (Å²) in [7, 11) is 0. The standard InChI is InChI=1S/C21H30N2O2/c1-21(2,3)20(25)23-13-11-16(12-14-23)19(24)22-18-10-6-8-15-7-4-5-9-17(15)18/h4-5,7,9,16,18H,6,8,10-14H2,1-3H3,(H,22,24)/t18-/m0/s1. The number of hydrogen-bond donors (Lipinski definition) is 1. The maximum absolute atomic E-state index is 12.7. The molecular formula is C21H30N2O2. The molecule has 1 N–H and O–H groups in total. The SMILES string of the molecule is CC(C)(C)C(=O)N1CCC(C(=O)N[C@H]2CCCc3ccccc32)CC1. The average Bonchev–Trinajstić information content (AvgIpc) is 2.61. The molecule has 0 saturated carbocycles. The molecule has 1 aliphatic carbocycles. The predicted molar refractivity (Wildman–Crippen MR) is 99.0 cm³/mol. The molecule has 0 unspecified atom stereocenters. The maximum atomic E-state index is 12.7. The number of hydrogen-bond acceptors (Lipinski definition) is 2. The van der Waals surface area contributed by atoms with Gasteiger partial charge in [0.15, 0.2) is 0 Å². The van der Waals surface area contributed by atoms with Crippen molar-refractivity contribution in [1.29, 1.82) is 0 Å². The molecule has 1 aromatic carbocycles. The Balaban J connectivity index is 1.57. The van der Waals surface area contributed by atoms with Gasteiger partial charge in [-0.3, -0.25) is 9.59 Å². The van der Waals surface area contributed by atoms with E-state index in [4.69, 9.17) is 0 Å². The second-order valence-electron chi connectivity index (χ2n) is 8.47. The lowest BCUT2D eigenvalue weighted by Crippen LogP contribution is -2.47. The summed E-state index contributed by atoms with van der Waals surface area (Å²) in [5.41, 5.74) is 2.30. The number of carbonyl (C=O) groups is 2. The first-order valence-electron chi connectivity index (χ1n) is 9.54. The van der Waals surface area contributed by atoms with Gasteiger partial charge in [0.1, 0.15) is 0 Å². The number of nitrogens with one attached hydrogen (secondary N) is 1. The molecule has 136 valence electrons. The van der Waals surface area contributed by atoms with Crippen molar-refractivity contribution in [3.63, 3.8) is 0 Å². The van der Waals surface area contributed by atoms with E-state index in [-0.39, 0.29) is 29.2 Å². The zero-order valence-electron chi connectivity index (χ0n) is 15.7. The summed E-state index contributed by atoms with van der Waals surface area (Å²) in [4.78, 5) is 27.0. The lowest BCUT2D eigenvalue weighted by Gasteiger charge is -2.36. The van der Waals surface area contributed by atoms with Gasteiger partial charge in [-0.15, -0.1) is 0 Å². The molecule has 1 atom stereocenters. The number of rotatable bonds is 2. The largest absolute Gasteiger partial charge is 0.349 e. The third kappa shape index (κ3) is 4.05. The Morgan fingerprint density at radius 2 is 1.76 bits per heavy atom. The van der Waals surface area contributed by atoms with Crippen LogP contribution in [0.2, 0.25) is 0 Å². The Bertz CT molecular complexity index is 640. The number of nitrogens with zero attached hydrogens (tertiary/aromatic N) is 1. The minimum atomic E-state index is -0.346. The van der Waals surface area contributed by atoms with Gasteiger partial charge in [-0.1, -0.05) is 45.0 Å². The van der Waals surface area contributed by atoms with Crippen LogP contribution in [0.15, 0.2) is 24.3 Å². The summed E-state index contributed by atoms with van der Waals surface area (Å²) in [5, 5.41) is 3.28. The summed E-state index contributed by atoms with van der Waals surface area (Å²) in [6.07, 6.45) is 4.78. The molecule has 4 nitrogen and oxygen atoms in total. The summed E-state index contributed by atoms with van der Waals surface area (Å²) in [5.74, 6) is 0.371. The van der Waals surface area contributed by atoms with Crippen LogP contribution in [0.25, 0.3) is 0 Å². The van der Waals surface area contributed by atoms with E-state index in [1.807, 2.05) is 25.7 Å². The predicted octanol–water partition coefficient (Wildman–Crippen LogP) is 3.46. The van der Waals surface area contributed by atoms with Gasteiger partial charge in [0.05, 0.1) is 6.04 Å². The highest BCUT2D eigenvalue weighted by Crippen LogP contribution is 2.30. The molecule has 0 aromatic heterocycles. The van der Waals surface area contributed by atoms with E-state index in [9.17, 15) is 9.59 Å². The second-order valence-corrected chi connectivity index (χ2v) is 8.47. The van der Waals surface area contributed by atoms with Crippen LogP contribution in [0, 0.1) is 11.3 Å². The van der Waals surface area contributed by atoms with E-state index in [1.54, 1.807) is 0 Å². The lowest BCUT2D eigenvalue weighted by atomic mass is 9.86. The third-order valence-corrected chi connectivity index (χ3v) is 5.48. The normalized spacial score (nSPS) is 21.6. The Hall–Kier alpha value is -1.84. The highest BCUT2D eigenvalue weighted by atomic mass is 16.2. The zero-order valence-corrected chi connectivity index (χ0v) is 15.7. The molecule has 1 aliphatic heterocycles. The highest BCUT2D eigenvalue weighted by Gasteiger charge is 2.33. The summed E-state index contributed by atoms with van der Waals surface area (Å²) in [6, 6.07) is 8.59. The highest BCUT2D eigenvalue weighted by molar-refractivity contribution is 5.83. The van der Waals surface area contributed by atoms with Crippen molar-refractivity contribution in [2.45, 2.75) is 58.9 Å². The van der Waals surface area contributed by atoms with Crippen LogP contribution in [0.3, 0.4) is 0 Å². The van der Waals surface area contributed by atoms with Gasteiger partial charge in [0.25, 0.3) is 0 Å². The van der Waals surface area contributed by atoms with Crippen molar-refractivity contribution >= 4 is 11.8 Å². The van der Waals surface area contributed by atoms with Crippen LogP contribution in [0.5, 0.6) is 0 Å². The van der Waals surface area contributed by atoms with Crippen molar-refractivity contribution in [3.05, 3.63) is 35.4 Å². The van der Waals surface area contributed by atoms with Gasteiger partial charge in [-0.05, 0) is 43.2 Å². The van der Waals surface area contributed by atoms with E-state index < -0.39 is 0 Å². The van der Waals surface area contributed by atoms with Crippen molar-refractivity contribution in [3.8, 4) is 0 Å². The van der Waals surface area contributed by atoms with E-state index >= 15 is 0 Å². The molecule has 0 spiro atoms. The fourth-order valence-electron chi connectivity index (χ4n) is 4.01. The molecule has 1 saturated heterocycles. The first kappa shape index (κ1) is 18.0. The van der Waals surface area contributed by atoms with Gasteiger partial charge in [0.2, 0.25) is 11.8 Å². The van der Waals surface area contributed by atoms with Gasteiger partial charge >= 0.3 is 0 Å². The fourth-order valence-corrected chi connectivity index (χ4v) is 4.01. The molecule has 4 heteroatoms. The van der Waals surface area contributed by atoms with Gasteiger partial charge in [-0.25, -0.2) is 0 Å². The summed E-state index contributed by atoms with van der Waals surface area (Å²) >= 11 is 0. The van der Waals surface area contributed by atoms with Crippen molar-refractivity contribution in [1.82, 2.24) is 10.2 Å². The maximum Gasteiger partial charge on any atom is 0.227 e. The average molecular weight is 342 g/mol. The lowest BCUT2D eigenvalue weighted by molar-refractivity contribution is -0.142. The van der Waals surface area contributed by atoms with E-state index in [0.29, 0.717) is 13.1 Å². The Morgan fingerprint density at radius 3 is 2.44 bits per heavy atom. The second kappa shape index (κ2) is 7.19. The van der Waals surface area contributed by atoms with Gasteiger partial charge in [0, 0.05) is 24.4 Å². The molecule has 2 amide bonds. The molecule has 3 rings (SSSR count). The van der Waals surface area contributed by atoms with Crippen molar-refractivity contribution in [2.24, 2.45) is 11.3 Å². The zero-order chi connectivity index (χ0) is 18.0. The topological polar surface area (TPSA) is 49.4 Å². The Morgan fingerprint density at radius 1 is 1.08 bits per heavy atom. The van der Waals surface area contributed by atoms with Crippen LogP contribution >= 0.6 is 0 Å². The molecule has 1 aromatic rings. The molecule has 0 bridgehead atoms. The number of aryl methyl sites for hydroxylation is 1.